The van der Waals surface area contributed by atoms with Crippen LogP contribution in [0.5, 0.6) is 5.88 Å². The van der Waals surface area contributed by atoms with Gasteiger partial charge in [0, 0.05) is 35.6 Å². The molecule has 3 aromatic rings. The van der Waals surface area contributed by atoms with E-state index in [1.165, 1.54) is 0 Å². The van der Waals surface area contributed by atoms with E-state index in [1.54, 1.807) is 0 Å². The number of anilines is 1. The summed E-state index contributed by atoms with van der Waals surface area (Å²) in [5.74, 6) is -1.58. The minimum absolute atomic E-state index is 0.0424. The molecule has 0 spiro atoms. The van der Waals surface area contributed by atoms with Crippen LogP contribution in [-0.4, -0.2) is 68.8 Å². The van der Waals surface area contributed by atoms with Crippen LogP contribution in [0.25, 0.3) is 5.76 Å². The van der Waals surface area contributed by atoms with Crippen LogP contribution in [0.4, 0.5) is 5.69 Å². The second-order valence-corrected chi connectivity index (χ2v) is 21.0. The molecule has 4 atom stereocenters. The molecule has 1 heterocycles. The van der Waals surface area contributed by atoms with Gasteiger partial charge in [-0.1, -0.05) is 51.1 Å². The predicted molar refractivity (Wildman–Crippen MR) is 192 cm³/mol. The summed E-state index contributed by atoms with van der Waals surface area (Å²) >= 11 is 3.74. The molecule has 48 heavy (non-hydrogen) atoms. The van der Waals surface area contributed by atoms with Crippen LogP contribution in [0.2, 0.25) is 18.1 Å². The van der Waals surface area contributed by atoms with Crippen molar-refractivity contribution >= 4 is 47.3 Å². The van der Waals surface area contributed by atoms with Crippen LogP contribution < -0.4 is 9.64 Å². The van der Waals surface area contributed by atoms with E-state index in [0.717, 1.165) is 26.9 Å². The predicted octanol–water partition coefficient (Wildman–Crippen LogP) is 7.68. The third kappa shape index (κ3) is 5.20. The molecule has 256 valence electrons. The zero-order valence-electron chi connectivity index (χ0n) is 29.5. The van der Waals surface area contributed by atoms with Crippen LogP contribution >= 0.6 is 15.9 Å². The molecule has 1 fully saturated rings. The molecule has 2 aromatic carbocycles. The van der Waals surface area contributed by atoms with Gasteiger partial charge < -0.3 is 23.7 Å². The van der Waals surface area contributed by atoms with Crippen molar-refractivity contribution in [3.63, 3.8) is 0 Å². The van der Waals surface area contributed by atoms with E-state index >= 15 is 9.59 Å². The largest absolute Gasteiger partial charge is 0.507 e. The molecule has 1 aromatic heterocycles. The average molecular weight is 737 g/mol. The first-order valence-corrected chi connectivity index (χ1v) is 20.2. The van der Waals surface area contributed by atoms with Crippen molar-refractivity contribution in [1.82, 2.24) is 10.1 Å². The quantitative estimate of drug-likeness (QED) is 0.193. The van der Waals surface area contributed by atoms with E-state index in [0.29, 0.717) is 24.2 Å². The summed E-state index contributed by atoms with van der Waals surface area (Å²) in [6.07, 6.45) is 0.955. The van der Waals surface area contributed by atoms with Gasteiger partial charge in [0.15, 0.2) is 19.7 Å². The number of aryl methyl sites for hydroxylation is 1. The van der Waals surface area contributed by atoms with Crippen molar-refractivity contribution in [1.29, 1.82) is 0 Å². The number of halogens is 1. The van der Waals surface area contributed by atoms with E-state index in [9.17, 15) is 5.11 Å². The molecule has 0 amide bonds. The molecular formula is C37H46BrN3O6Si. The van der Waals surface area contributed by atoms with Gasteiger partial charge in [-0.2, -0.15) is 0 Å². The summed E-state index contributed by atoms with van der Waals surface area (Å²) in [5, 5.41) is 16.1. The molecule has 0 bridgehead atoms. The maximum atomic E-state index is 15.5. The van der Waals surface area contributed by atoms with E-state index in [-0.39, 0.29) is 40.3 Å². The highest BCUT2D eigenvalue weighted by atomic mass is 79.9. The third-order valence-corrected chi connectivity index (χ3v) is 15.9. The Hall–Kier alpha value is -3.25. The summed E-state index contributed by atoms with van der Waals surface area (Å²) in [5.41, 5.74) is 2.83. The van der Waals surface area contributed by atoms with E-state index in [2.05, 4.69) is 55.0 Å². The number of fused-ring (bicyclic) bond motifs is 4. The topological polar surface area (TPSA) is 105 Å². The van der Waals surface area contributed by atoms with Crippen molar-refractivity contribution in [2.24, 2.45) is 11.8 Å². The maximum Gasteiger partial charge on any atom is 0.265 e. The molecule has 6 rings (SSSR count). The Balaban J connectivity index is 1.59. The van der Waals surface area contributed by atoms with Crippen LogP contribution in [0, 0.1) is 18.8 Å². The van der Waals surface area contributed by atoms with Crippen LogP contribution in [-0.2, 0) is 22.2 Å². The van der Waals surface area contributed by atoms with Crippen molar-refractivity contribution in [2.45, 2.75) is 76.9 Å². The zero-order chi connectivity index (χ0) is 35.1. The SMILES string of the molecule is Cc1cc(Br)c(N(C)C)c2c1C(O)=C1C(=O)[C@]3(O[Si](C)(C)C(C)(C)C)C(=O)c4c(OCc5ccccc5)noc4[C@@H](N(C)C)[C@@H]3C[C@@H]1C2. The number of Topliss-reactive ketones (excluding diaryl/α,β-unsaturated/α-hetero) is 2. The van der Waals surface area contributed by atoms with Gasteiger partial charge in [-0.25, -0.2) is 0 Å². The van der Waals surface area contributed by atoms with Crippen molar-refractivity contribution in [3.05, 3.63) is 80.0 Å². The van der Waals surface area contributed by atoms with Crippen LogP contribution in [0.1, 0.15) is 71.6 Å². The fourth-order valence-electron chi connectivity index (χ4n) is 7.69. The molecule has 0 aliphatic heterocycles. The number of hydrogen-bond acceptors (Lipinski definition) is 9. The number of benzene rings is 2. The average Bonchev–Trinajstić information content (AvgIpc) is 3.40. The lowest BCUT2D eigenvalue weighted by atomic mass is 9.57. The standard InChI is InChI=1S/C37H46BrN3O6Si/c1-20-16-25(38)29(40(5)6)23-17-22-18-24-30(41(7)8)32-28(35(39-46-32)45-19-21-14-12-11-13-15-21)34(44)37(24,47-48(9,10)36(2,3)4)33(43)27(22)31(42)26(20)23/h11-16,22,24,30,42H,17-19H2,1-10H3/t22-,24-,30-,37-/m0/s1. The first-order chi connectivity index (χ1) is 22.4. The maximum absolute atomic E-state index is 15.5. The van der Waals surface area contributed by atoms with Gasteiger partial charge in [-0.3, -0.25) is 14.5 Å². The summed E-state index contributed by atoms with van der Waals surface area (Å²) < 4.78 is 20.3. The summed E-state index contributed by atoms with van der Waals surface area (Å²) in [6.45, 7) is 12.5. The molecule has 0 radical (unpaired) electrons. The number of nitrogens with zero attached hydrogens (tertiary/aromatic N) is 3. The van der Waals surface area contributed by atoms with Gasteiger partial charge in [0.25, 0.3) is 5.88 Å². The number of rotatable bonds is 7. The number of aromatic nitrogens is 1. The minimum atomic E-state index is -2.81. The first kappa shape index (κ1) is 34.6. The van der Waals surface area contributed by atoms with Gasteiger partial charge in [0.1, 0.15) is 17.9 Å². The summed E-state index contributed by atoms with van der Waals surface area (Å²) in [7, 11) is 4.98. The fraction of sp³-hybridized carbons (Fsp3) is 0.486. The Kier molecular flexibility index (Phi) is 8.62. The highest BCUT2D eigenvalue weighted by Gasteiger charge is 2.68. The summed E-state index contributed by atoms with van der Waals surface area (Å²) in [4.78, 5) is 34.8. The second kappa shape index (κ2) is 12.0. The number of ether oxygens (including phenoxy) is 1. The molecule has 1 N–H and O–H groups in total. The Morgan fingerprint density at radius 3 is 2.35 bits per heavy atom. The monoisotopic (exact) mass is 735 g/mol. The number of carbonyl (C=O) groups excluding carboxylic acids is 2. The first-order valence-electron chi connectivity index (χ1n) is 16.5. The Morgan fingerprint density at radius 2 is 1.75 bits per heavy atom. The Morgan fingerprint density at radius 1 is 1.08 bits per heavy atom. The lowest BCUT2D eigenvalue weighted by Gasteiger charge is -2.55. The molecule has 9 nitrogen and oxygen atoms in total. The van der Waals surface area contributed by atoms with Gasteiger partial charge >= 0.3 is 0 Å². The second-order valence-electron chi connectivity index (χ2n) is 15.4. The number of aliphatic hydroxyl groups excluding tert-OH is 1. The van der Waals surface area contributed by atoms with Crippen LogP contribution in [0.3, 0.4) is 0 Å². The van der Waals surface area contributed by atoms with Crippen molar-refractivity contribution in [3.8, 4) is 5.88 Å². The van der Waals surface area contributed by atoms with Gasteiger partial charge in [0.05, 0.1) is 11.7 Å². The van der Waals surface area contributed by atoms with Gasteiger partial charge in [0.2, 0.25) is 11.6 Å². The molecule has 0 unspecified atom stereocenters. The number of ketones is 2. The highest BCUT2D eigenvalue weighted by Crippen LogP contribution is 2.59. The van der Waals surface area contributed by atoms with Crippen LogP contribution in [0.15, 0.2) is 51.0 Å². The summed E-state index contributed by atoms with van der Waals surface area (Å²) in [6, 6.07) is 11.1. The molecule has 0 saturated heterocycles. The van der Waals surface area contributed by atoms with Gasteiger partial charge in [-0.05, 0) is 102 Å². The third-order valence-electron chi connectivity index (χ3n) is 10.9. The number of aliphatic hydroxyl groups is 1. The molecule has 1 saturated carbocycles. The molecule has 3 aliphatic rings. The number of hydrogen-bond donors (Lipinski definition) is 1. The number of carbonyl (C=O) groups is 2. The lowest BCUT2D eigenvalue weighted by molar-refractivity contribution is -0.140. The minimum Gasteiger partial charge on any atom is -0.507 e. The smallest absolute Gasteiger partial charge is 0.265 e. The zero-order valence-corrected chi connectivity index (χ0v) is 32.1. The normalized spacial score (nSPS) is 23.9. The van der Waals surface area contributed by atoms with Gasteiger partial charge in [-0.15, -0.1) is 0 Å². The Bertz CT molecular complexity index is 1830. The van der Waals surface area contributed by atoms with E-state index < -0.39 is 37.4 Å². The molecular weight excluding hydrogens is 690 g/mol. The lowest BCUT2D eigenvalue weighted by Crippen LogP contribution is -2.68. The van der Waals surface area contributed by atoms with Crippen molar-refractivity contribution in [2.75, 3.05) is 33.1 Å². The molecule has 11 heteroatoms. The van der Waals surface area contributed by atoms with Crippen molar-refractivity contribution < 1.29 is 28.4 Å². The van der Waals surface area contributed by atoms with E-state index in [4.69, 9.17) is 13.7 Å². The highest BCUT2D eigenvalue weighted by molar-refractivity contribution is 9.10. The Labute approximate surface area is 292 Å². The fourth-order valence-corrected chi connectivity index (χ4v) is 10.1. The molecule has 3 aliphatic carbocycles. The van der Waals surface area contributed by atoms with E-state index in [1.807, 2.05) is 81.3 Å².